The second-order valence-electron chi connectivity index (χ2n) is 3.69. The van der Waals surface area contributed by atoms with E-state index in [4.69, 9.17) is 10.2 Å². The second-order valence-corrected chi connectivity index (χ2v) is 3.69. The molecule has 0 aromatic carbocycles. The molecule has 6 heteroatoms. The molecule has 6 nitrogen and oxygen atoms in total. The summed E-state index contributed by atoms with van der Waals surface area (Å²) in [5.41, 5.74) is 5.57. The first-order chi connectivity index (χ1) is 8.19. The van der Waals surface area contributed by atoms with Gasteiger partial charge in [-0.05, 0) is 25.5 Å². The van der Waals surface area contributed by atoms with Crippen LogP contribution in [0, 0.1) is 6.92 Å². The summed E-state index contributed by atoms with van der Waals surface area (Å²) in [6, 6.07) is 3.80. The van der Waals surface area contributed by atoms with Crippen molar-refractivity contribution >= 4 is 11.9 Å². The van der Waals surface area contributed by atoms with E-state index in [0.29, 0.717) is 11.8 Å². The Hall–Kier alpha value is -2.11. The first-order valence-corrected chi connectivity index (χ1v) is 5.47. The maximum Gasteiger partial charge on any atom is 0.228 e. The smallest absolute Gasteiger partial charge is 0.228 e. The van der Waals surface area contributed by atoms with E-state index in [-0.39, 0.29) is 12.0 Å². The van der Waals surface area contributed by atoms with E-state index < -0.39 is 0 Å². The van der Waals surface area contributed by atoms with Gasteiger partial charge in [-0.2, -0.15) is 15.0 Å². The molecule has 0 fully saturated rings. The number of rotatable bonds is 4. The lowest BCUT2D eigenvalue weighted by molar-refractivity contribution is 0.472. The number of anilines is 2. The summed E-state index contributed by atoms with van der Waals surface area (Å²) in [4.78, 5) is 12.1. The lowest BCUT2D eigenvalue weighted by Gasteiger charge is -2.14. The van der Waals surface area contributed by atoms with Crippen molar-refractivity contribution in [3.05, 3.63) is 30.0 Å². The number of aromatic nitrogens is 3. The zero-order valence-corrected chi connectivity index (χ0v) is 9.84. The van der Waals surface area contributed by atoms with Gasteiger partial charge in [0.1, 0.15) is 11.6 Å². The average Bonchev–Trinajstić information content (AvgIpc) is 2.77. The van der Waals surface area contributed by atoms with E-state index in [1.807, 2.05) is 12.1 Å². The molecule has 0 saturated heterocycles. The van der Waals surface area contributed by atoms with Gasteiger partial charge in [0.15, 0.2) is 0 Å². The first kappa shape index (κ1) is 11.4. The van der Waals surface area contributed by atoms with Crippen molar-refractivity contribution in [1.82, 2.24) is 15.0 Å². The van der Waals surface area contributed by atoms with Gasteiger partial charge in [-0.25, -0.2) is 0 Å². The highest BCUT2D eigenvalue weighted by atomic mass is 16.3. The number of hydrogen-bond donors (Lipinski definition) is 2. The van der Waals surface area contributed by atoms with Crippen molar-refractivity contribution in [2.45, 2.75) is 26.3 Å². The third-order valence-corrected chi connectivity index (χ3v) is 2.36. The highest BCUT2D eigenvalue weighted by molar-refractivity contribution is 5.33. The predicted octanol–water partition coefficient (Wildman–Crippen LogP) is 1.92. The molecule has 0 aliphatic rings. The SMILES string of the molecule is CCC(Nc1nc(C)nc(N)n1)c1ccco1. The molecule has 90 valence electrons. The van der Waals surface area contributed by atoms with Crippen LogP contribution in [0.3, 0.4) is 0 Å². The summed E-state index contributed by atoms with van der Waals surface area (Å²) in [7, 11) is 0. The molecule has 2 rings (SSSR count). The Bertz CT molecular complexity index is 462. The zero-order valence-electron chi connectivity index (χ0n) is 9.84. The van der Waals surface area contributed by atoms with Gasteiger partial charge in [-0.15, -0.1) is 0 Å². The van der Waals surface area contributed by atoms with Crippen molar-refractivity contribution < 1.29 is 4.42 Å². The molecule has 0 bridgehead atoms. The molecule has 17 heavy (non-hydrogen) atoms. The van der Waals surface area contributed by atoms with Crippen LogP contribution in [0.2, 0.25) is 0 Å². The fourth-order valence-electron chi connectivity index (χ4n) is 1.59. The predicted molar refractivity (Wildman–Crippen MR) is 64.3 cm³/mol. The number of nitrogens with one attached hydrogen (secondary N) is 1. The van der Waals surface area contributed by atoms with Crippen LogP contribution in [-0.4, -0.2) is 15.0 Å². The van der Waals surface area contributed by atoms with Crippen molar-refractivity contribution in [1.29, 1.82) is 0 Å². The minimum Gasteiger partial charge on any atom is -0.467 e. The van der Waals surface area contributed by atoms with Crippen molar-refractivity contribution in [2.24, 2.45) is 0 Å². The van der Waals surface area contributed by atoms with Gasteiger partial charge >= 0.3 is 0 Å². The largest absolute Gasteiger partial charge is 0.467 e. The van der Waals surface area contributed by atoms with E-state index in [2.05, 4.69) is 27.2 Å². The van der Waals surface area contributed by atoms with Gasteiger partial charge in [0.2, 0.25) is 11.9 Å². The minimum absolute atomic E-state index is 0.0335. The third kappa shape index (κ3) is 2.72. The first-order valence-electron chi connectivity index (χ1n) is 5.47. The molecule has 0 aliphatic carbocycles. The summed E-state index contributed by atoms with van der Waals surface area (Å²) in [5.74, 6) is 2.13. The molecule has 3 N–H and O–H groups in total. The summed E-state index contributed by atoms with van der Waals surface area (Å²) in [6.45, 7) is 3.83. The molecular weight excluding hydrogens is 218 g/mol. The zero-order chi connectivity index (χ0) is 12.3. The van der Waals surface area contributed by atoms with Gasteiger partial charge in [0.25, 0.3) is 0 Å². The Morgan fingerprint density at radius 3 is 2.82 bits per heavy atom. The number of aryl methyl sites for hydroxylation is 1. The van der Waals surface area contributed by atoms with Crippen LogP contribution < -0.4 is 11.1 Å². The maximum absolute atomic E-state index is 5.57. The van der Waals surface area contributed by atoms with Crippen LogP contribution in [0.5, 0.6) is 0 Å². The van der Waals surface area contributed by atoms with Crippen LogP contribution in [0.15, 0.2) is 22.8 Å². The van der Waals surface area contributed by atoms with Gasteiger partial charge < -0.3 is 15.5 Å². The minimum atomic E-state index is 0.0335. The van der Waals surface area contributed by atoms with Crippen LogP contribution in [0.4, 0.5) is 11.9 Å². The van der Waals surface area contributed by atoms with Crippen molar-refractivity contribution in [3.63, 3.8) is 0 Å². The highest BCUT2D eigenvalue weighted by Crippen LogP contribution is 2.20. The molecule has 0 aliphatic heterocycles. The average molecular weight is 233 g/mol. The number of nitrogens with two attached hydrogens (primary N) is 1. The number of furan rings is 1. The van der Waals surface area contributed by atoms with Crippen LogP contribution >= 0.6 is 0 Å². The van der Waals surface area contributed by atoms with E-state index in [0.717, 1.165) is 12.2 Å². The summed E-state index contributed by atoms with van der Waals surface area (Å²) < 4.78 is 5.35. The Balaban J connectivity index is 2.18. The molecule has 0 radical (unpaired) electrons. The molecule has 0 amide bonds. The number of nitrogens with zero attached hydrogens (tertiary/aromatic N) is 3. The Morgan fingerprint density at radius 1 is 1.41 bits per heavy atom. The second kappa shape index (κ2) is 4.82. The van der Waals surface area contributed by atoms with E-state index in [9.17, 15) is 0 Å². The quantitative estimate of drug-likeness (QED) is 0.838. The van der Waals surface area contributed by atoms with Crippen molar-refractivity contribution in [3.8, 4) is 0 Å². The summed E-state index contributed by atoms with van der Waals surface area (Å²) >= 11 is 0. The Kier molecular flexibility index (Phi) is 3.22. The van der Waals surface area contributed by atoms with Gasteiger partial charge in [-0.3, -0.25) is 0 Å². The van der Waals surface area contributed by atoms with E-state index >= 15 is 0 Å². The molecule has 2 aromatic heterocycles. The normalized spacial score (nSPS) is 12.4. The summed E-state index contributed by atoms with van der Waals surface area (Å²) in [5, 5.41) is 3.18. The highest BCUT2D eigenvalue weighted by Gasteiger charge is 2.13. The molecule has 2 heterocycles. The maximum atomic E-state index is 5.57. The molecule has 0 saturated carbocycles. The fourth-order valence-corrected chi connectivity index (χ4v) is 1.59. The topological polar surface area (TPSA) is 89.9 Å². The molecule has 1 unspecified atom stereocenters. The summed E-state index contributed by atoms with van der Waals surface area (Å²) in [6.07, 6.45) is 2.50. The van der Waals surface area contributed by atoms with E-state index in [1.165, 1.54) is 0 Å². The molecular formula is C11H15N5O. The molecule has 1 atom stereocenters. The third-order valence-electron chi connectivity index (χ3n) is 2.36. The van der Waals surface area contributed by atoms with Gasteiger partial charge in [0, 0.05) is 0 Å². The Labute approximate surface area is 99.3 Å². The number of hydrogen-bond acceptors (Lipinski definition) is 6. The van der Waals surface area contributed by atoms with Gasteiger partial charge in [0.05, 0.1) is 12.3 Å². The van der Waals surface area contributed by atoms with Crippen LogP contribution in [0.1, 0.15) is 31.0 Å². The lowest BCUT2D eigenvalue weighted by Crippen LogP contribution is -2.13. The standard InChI is InChI=1S/C11H15N5O/c1-3-8(9-5-4-6-17-9)15-11-14-7(2)13-10(12)16-11/h4-6,8H,3H2,1-2H3,(H3,12,13,14,15,16). The Morgan fingerprint density at radius 2 is 2.24 bits per heavy atom. The number of nitrogen functional groups attached to an aromatic ring is 1. The van der Waals surface area contributed by atoms with Gasteiger partial charge in [-0.1, -0.05) is 6.92 Å². The van der Waals surface area contributed by atoms with E-state index in [1.54, 1.807) is 13.2 Å². The van der Waals surface area contributed by atoms with Crippen molar-refractivity contribution in [2.75, 3.05) is 11.1 Å². The van der Waals surface area contributed by atoms with Crippen LogP contribution in [0.25, 0.3) is 0 Å². The molecule has 2 aromatic rings. The monoisotopic (exact) mass is 233 g/mol. The fraction of sp³-hybridized carbons (Fsp3) is 0.364. The van der Waals surface area contributed by atoms with Crippen LogP contribution in [-0.2, 0) is 0 Å². The molecule has 0 spiro atoms. The lowest BCUT2D eigenvalue weighted by atomic mass is 10.2.